The maximum Gasteiger partial charge on any atom is 0.500 e. The van der Waals surface area contributed by atoms with Crippen molar-refractivity contribution in [3.8, 4) is 0 Å². The van der Waals surface area contributed by atoms with Crippen LogP contribution >= 0.6 is 43.5 Å². The van der Waals surface area contributed by atoms with Gasteiger partial charge >= 0.3 is 26.4 Å². The highest BCUT2D eigenvalue weighted by Crippen LogP contribution is 2.40. The van der Waals surface area contributed by atoms with Crippen molar-refractivity contribution in [1.29, 1.82) is 0 Å². The molecule has 0 fully saturated rings. The smallest absolute Gasteiger partial charge is 0.374 e. The van der Waals surface area contributed by atoms with Gasteiger partial charge in [-0.3, -0.25) is 0 Å². The Bertz CT molecular complexity index is 570. The lowest BCUT2D eigenvalue weighted by atomic mass is 10.5. The predicted octanol–water partition coefficient (Wildman–Crippen LogP) is 8.20. The first-order valence-corrected chi connectivity index (χ1v) is 26.8. The van der Waals surface area contributed by atoms with E-state index in [0.717, 1.165) is 55.4 Å². The molecule has 0 spiro atoms. The summed E-state index contributed by atoms with van der Waals surface area (Å²) in [5.41, 5.74) is 0. The van der Waals surface area contributed by atoms with E-state index in [9.17, 15) is 0 Å². The van der Waals surface area contributed by atoms with Crippen LogP contribution in [0.5, 0.6) is 0 Å². The molecule has 0 aromatic rings. The lowest BCUT2D eigenvalue weighted by Crippen LogP contribution is -2.46. The van der Waals surface area contributed by atoms with Crippen LogP contribution in [0.4, 0.5) is 0 Å². The molecule has 0 heterocycles. The molecule has 10 nitrogen and oxygen atoms in total. The van der Waals surface area contributed by atoms with Gasteiger partial charge in [0.1, 0.15) is 0 Å². The van der Waals surface area contributed by atoms with Crippen LogP contribution in [0.25, 0.3) is 0 Å². The third kappa shape index (κ3) is 20.2. The molecule has 0 aromatic carbocycles. The molecule has 17 heteroatoms. The molecule has 0 aromatic heterocycles. The molecule has 0 unspecified atom stereocenters. The Balaban J connectivity index is 5.17. The molecule has 44 heavy (non-hydrogen) atoms. The Labute approximate surface area is 289 Å². The van der Waals surface area contributed by atoms with Gasteiger partial charge in [0.25, 0.3) is 0 Å². The molecular weight excluding hydrogens is 695 g/mol. The largest absolute Gasteiger partial charge is 0.500 e. The minimum absolute atomic E-state index is 0.594. The van der Waals surface area contributed by atoms with Gasteiger partial charge in [-0.1, -0.05) is 21.6 Å². The van der Waals surface area contributed by atoms with Crippen LogP contribution in [0, 0.1) is 0 Å². The molecule has 0 saturated carbocycles. The van der Waals surface area contributed by atoms with Gasteiger partial charge in [-0.25, -0.2) is 0 Å². The van der Waals surface area contributed by atoms with E-state index >= 15 is 0 Å². The van der Waals surface area contributed by atoms with Crippen LogP contribution in [-0.2, 0) is 39.8 Å². The molecule has 0 aliphatic carbocycles. The third-order valence-electron chi connectivity index (χ3n) is 5.79. The summed E-state index contributed by atoms with van der Waals surface area (Å²) in [5.74, 6) is 1.96. The maximum absolute atomic E-state index is 6.09. The predicted molar refractivity (Wildman–Crippen MR) is 197 cm³/mol. The van der Waals surface area contributed by atoms with Gasteiger partial charge in [0, 0.05) is 118 Å². The fourth-order valence-electron chi connectivity index (χ4n) is 4.40. The van der Waals surface area contributed by atoms with Crippen molar-refractivity contribution in [3.63, 3.8) is 0 Å². The van der Waals surface area contributed by atoms with Crippen molar-refractivity contribution in [2.45, 2.75) is 99.7 Å². The Kier molecular flexibility index (Phi) is 30.7. The summed E-state index contributed by atoms with van der Waals surface area (Å²) in [6.07, 6.45) is 2.88. The zero-order chi connectivity index (χ0) is 33.0. The molecule has 0 bridgehead atoms. The third-order valence-corrected chi connectivity index (χ3v) is 20.8. The van der Waals surface area contributed by atoms with Crippen molar-refractivity contribution >= 4 is 70.0 Å². The fraction of sp³-hybridized carbons (Fsp3) is 1.00. The number of hydrogen-bond acceptors (Lipinski definition) is 14. The van der Waals surface area contributed by atoms with Gasteiger partial charge in [-0.15, -0.1) is 0 Å². The molecule has 0 radical (unpaired) electrons. The summed E-state index contributed by atoms with van der Waals surface area (Å²) in [6, 6.07) is 2.45. The average molecular weight is 758 g/mol. The van der Waals surface area contributed by atoms with Crippen molar-refractivity contribution in [2.75, 3.05) is 77.5 Å². The second-order valence-electron chi connectivity index (χ2n) is 9.11. The van der Waals surface area contributed by atoms with E-state index in [1.54, 1.807) is 22.0 Å². The van der Waals surface area contributed by atoms with E-state index in [1.807, 2.05) is 83.9 Å². The van der Waals surface area contributed by atoms with E-state index in [2.05, 4.69) is 3.71 Å². The van der Waals surface area contributed by atoms with E-state index in [1.165, 1.54) is 0 Å². The molecule has 266 valence electrons. The summed E-state index contributed by atoms with van der Waals surface area (Å²) in [5, 5.41) is 0. The second kappa shape index (κ2) is 29.6. The normalized spacial score (nSPS) is 13.0. The Morgan fingerprint density at radius 1 is 0.386 bits per heavy atom. The van der Waals surface area contributed by atoms with E-state index in [0.29, 0.717) is 59.5 Å². The van der Waals surface area contributed by atoms with Gasteiger partial charge in [-0.2, -0.15) is 3.71 Å². The molecule has 0 aliphatic heterocycles. The number of nitrogens with zero attached hydrogens (tertiary/aromatic N) is 1. The lowest BCUT2D eigenvalue weighted by Gasteiger charge is -2.29. The second-order valence-corrected chi connectivity index (χ2v) is 22.3. The van der Waals surface area contributed by atoms with Crippen LogP contribution in [0.1, 0.15) is 81.6 Å². The highest BCUT2D eigenvalue weighted by atomic mass is 33.1. The number of rotatable bonds is 34. The molecule has 0 rings (SSSR count). The summed E-state index contributed by atoms with van der Waals surface area (Å²) in [4.78, 5) is 0. The fourth-order valence-corrected chi connectivity index (χ4v) is 18.1. The minimum atomic E-state index is -2.67. The van der Waals surface area contributed by atoms with Crippen LogP contribution in [0.2, 0.25) is 18.1 Å². The Morgan fingerprint density at radius 2 is 0.636 bits per heavy atom. The first kappa shape index (κ1) is 45.7. The standard InChI is InChI=1S/C27H63NO9S4Si3/c1-10-29-42(30-11-2,31-12-3)25-19-22-28(40-38-23-20-26-43(32-13-4,33-14-5)34-15-6)41-39-24-21-27-44(35-16-7,36-17-8)37-18-9/h10-27H2,1-9H3. The van der Waals surface area contributed by atoms with Crippen molar-refractivity contribution in [3.05, 3.63) is 0 Å². The van der Waals surface area contributed by atoms with Crippen LogP contribution < -0.4 is 0 Å². The van der Waals surface area contributed by atoms with Crippen LogP contribution in [0.15, 0.2) is 0 Å². The monoisotopic (exact) mass is 757 g/mol. The molecule has 0 N–H and O–H groups in total. The van der Waals surface area contributed by atoms with Gasteiger partial charge in [0.2, 0.25) is 0 Å². The molecule has 0 atom stereocenters. The summed E-state index contributed by atoms with van der Waals surface area (Å²) >= 11 is 0. The maximum atomic E-state index is 6.09. The summed E-state index contributed by atoms with van der Waals surface area (Å²) in [6.45, 7) is 24.4. The van der Waals surface area contributed by atoms with Crippen LogP contribution in [-0.4, -0.2) is 108 Å². The van der Waals surface area contributed by atoms with Crippen LogP contribution in [0.3, 0.4) is 0 Å². The van der Waals surface area contributed by atoms with E-state index < -0.39 is 26.4 Å². The lowest BCUT2D eigenvalue weighted by molar-refractivity contribution is 0.0701. The van der Waals surface area contributed by atoms with Gasteiger partial charge in [0.15, 0.2) is 0 Å². The SMILES string of the molecule is CCO[Si](CCCSSN(CCC[Si](OCC)(OCC)OCC)SSCCC[Si](OCC)(OCC)OCC)(OCC)OCC. The van der Waals surface area contributed by atoms with Crippen molar-refractivity contribution in [2.24, 2.45) is 0 Å². The zero-order valence-corrected chi connectivity index (χ0v) is 35.2. The Morgan fingerprint density at radius 3 is 0.886 bits per heavy atom. The zero-order valence-electron chi connectivity index (χ0n) is 29.0. The highest BCUT2D eigenvalue weighted by Gasteiger charge is 2.41. The Hall–Kier alpha value is 1.65. The molecule has 0 amide bonds. The van der Waals surface area contributed by atoms with Crippen molar-refractivity contribution < 1.29 is 39.8 Å². The summed E-state index contributed by atoms with van der Waals surface area (Å²) < 4.78 is 56.8. The van der Waals surface area contributed by atoms with Crippen molar-refractivity contribution in [1.82, 2.24) is 3.71 Å². The molecule has 0 saturated heterocycles. The quantitative estimate of drug-likeness (QED) is 0.0274. The topological polar surface area (TPSA) is 86.3 Å². The minimum Gasteiger partial charge on any atom is -0.374 e. The average Bonchev–Trinajstić information content (AvgIpc) is 2.98. The van der Waals surface area contributed by atoms with Gasteiger partial charge in [-0.05, 0) is 81.6 Å². The first-order valence-electron chi connectivity index (χ1n) is 16.5. The molecular formula is C27H63NO9S4Si3. The van der Waals surface area contributed by atoms with E-state index in [-0.39, 0.29) is 0 Å². The first-order chi connectivity index (χ1) is 21.3. The highest BCUT2D eigenvalue weighted by molar-refractivity contribution is 8.83. The van der Waals surface area contributed by atoms with E-state index in [4.69, 9.17) is 39.8 Å². The summed E-state index contributed by atoms with van der Waals surface area (Å²) in [7, 11) is -0.568. The molecule has 0 aliphatic rings. The van der Waals surface area contributed by atoms with Gasteiger partial charge in [0.05, 0.1) is 0 Å². The van der Waals surface area contributed by atoms with Gasteiger partial charge < -0.3 is 39.8 Å². The number of hydrogen-bond donors (Lipinski definition) is 0.